The lowest BCUT2D eigenvalue weighted by Gasteiger charge is -2.18. The molecule has 0 aromatic carbocycles. The first-order valence-corrected chi connectivity index (χ1v) is 7.14. The monoisotopic (exact) mass is 268 g/mol. The van der Waals surface area contributed by atoms with Crippen molar-refractivity contribution in [2.24, 2.45) is 0 Å². The fourth-order valence-electron chi connectivity index (χ4n) is 2.07. The second-order valence-corrected chi connectivity index (χ2v) is 5.79. The molecule has 6 heteroatoms. The Labute approximate surface area is 112 Å². The van der Waals surface area contributed by atoms with Crippen LogP contribution in [-0.2, 0) is 0 Å². The lowest BCUT2D eigenvalue weighted by molar-refractivity contribution is 0.0833. The largest absolute Gasteiger partial charge is 0.382 e. The highest BCUT2D eigenvalue weighted by atomic mass is 32.1. The fourth-order valence-corrected chi connectivity index (χ4v) is 3.13. The Balaban J connectivity index is 2.19. The second kappa shape index (κ2) is 5.56. The molecule has 1 aliphatic rings. The van der Waals surface area contributed by atoms with E-state index in [-0.39, 0.29) is 5.91 Å². The zero-order chi connectivity index (χ0) is 13.1. The highest BCUT2D eigenvalue weighted by Gasteiger charge is 2.21. The first-order chi connectivity index (χ1) is 8.59. The van der Waals surface area contributed by atoms with Crippen LogP contribution in [0.3, 0.4) is 0 Å². The average molecular weight is 268 g/mol. The highest BCUT2D eigenvalue weighted by molar-refractivity contribution is 7.18. The fraction of sp³-hybridized carbons (Fsp3) is 0.667. The van der Waals surface area contributed by atoms with Crippen molar-refractivity contribution >= 4 is 28.2 Å². The predicted molar refractivity (Wildman–Crippen MR) is 75.2 cm³/mol. The van der Waals surface area contributed by atoms with Gasteiger partial charge in [0.15, 0.2) is 5.13 Å². The number of aromatic nitrogens is 1. The van der Waals surface area contributed by atoms with Gasteiger partial charge in [-0.25, -0.2) is 4.98 Å². The number of hydrogen-bond donors (Lipinski definition) is 1. The molecule has 2 rings (SSSR count). The Kier molecular flexibility index (Phi) is 4.06. The summed E-state index contributed by atoms with van der Waals surface area (Å²) in [5.74, 6) is 0.295. The van der Waals surface area contributed by atoms with Crippen molar-refractivity contribution in [3.8, 4) is 0 Å². The summed E-state index contributed by atoms with van der Waals surface area (Å²) in [4.78, 5) is 20.6. The Morgan fingerprint density at radius 2 is 1.89 bits per heavy atom. The van der Waals surface area contributed by atoms with Gasteiger partial charge in [0.1, 0.15) is 10.7 Å². The number of rotatable bonds is 2. The summed E-state index contributed by atoms with van der Waals surface area (Å²) in [6, 6.07) is 0. The minimum atomic E-state index is -0.0638. The van der Waals surface area contributed by atoms with Crippen LogP contribution in [0.2, 0.25) is 0 Å². The molecule has 0 atom stereocenters. The van der Waals surface area contributed by atoms with E-state index in [2.05, 4.69) is 9.88 Å². The van der Waals surface area contributed by atoms with E-state index >= 15 is 0 Å². The van der Waals surface area contributed by atoms with Crippen LogP contribution in [0.5, 0.6) is 0 Å². The minimum absolute atomic E-state index is 0.0638. The molecule has 1 aliphatic heterocycles. The van der Waals surface area contributed by atoms with Gasteiger partial charge in [0.25, 0.3) is 5.91 Å². The lowest BCUT2D eigenvalue weighted by Crippen LogP contribution is -2.23. The first-order valence-electron chi connectivity index (χ1n) is 6.32. The summed E-state index contributed by atoms with van der Waals surface area (Å²) < 4.78 is 0. The van der Waals surface area contributed by atoms with Gasteiger partial charge in [0, 0.05) is 27.2 Å². The van der Waals surface area contributed by atoms with E-state index in [0.717, 1.165) is 18.2 Å². The number of amides is 1. The molecule has 0 unspecified atom stereocenters. The van der Waals surface area contributed by atoms with Gasteiger partial charge in [-0.05, 0) is 12.8 Å². The molecule has 1 saturated heterocycles. The summed E-state index contributed by atoms with van der Waals surface area (Å²) >= 11 is 1.41. The van der Waals surface area contributed by atoms with Crippen molar-refractivity contribution in [2.45, 2.75) is 25.7 Å². The molecule has 100 valence electrons. The molecule has 0 spiro atoms. The van der Waals surface area contributed by atoms with Crippen LogP contribution >= 0.6 is 11.3 Å². The van der Waals surface area contributed by atoms with Crippen LogP contribution < -0.4 is 10.6 Å². The van der Waals surface area contributed by atoms with E-state index in [1.807, 2.05) is 0 Å². The standard InChI is InChI=1S/C12H20N4OS/c1-15(2)11(17)9-10(13)14-12(18-9)16-7-5-3-4-6-8-16/h3-8,13H2,1-2H3. The average Bonchev–Trinajstić information content (AvgIpc) is 2.55. The Morgan fingerprint density at radius 1 is 1.28 bits per heavy atom. The van der Waals surface area contributed by atoms with Gasteiger partial charge in [0.2, 0.25) is 0 Å². The second-order valence-electron chi connectivity index (χ2n) is 4.81. The molecular weight excluding hydrogens is 248 g/mol. The van der Waals surface area contributed by atoms with E-state index < -0.39 is 0 Å². The van der Waals surface area contributed by atoms with E-state index in [9.17, 15) is 4.79 Å². The van der Waals surface area contributed by atoms with Gasteiger partial charge < -0.3 is 15.5 Å². The zero-order valence-corrected chi connectivity index (χ0v) is 11.8. The Bertz CT molecular complexity index is 422. The van der Waals surface area contributed by atoms with Crippen molar-refractivity contribution < 1.29 is 4.79 Å². The highest BCUT2D eigenvalue weighted by Crippen LogP contribution is 2.30. The lowest BCUT2D eigenvalue weighted by atomic mass is 10.2. The molecule has 2 heterocycles. The first kappa shape index (κ1) is 13.1. The summed E-state index contributed by atoms with van der Waals surface area (Å²) in [5.41, 5.74) is 5.85. The number of thiazole rings is 1. The smallest absolute Gasteiger partial charge is 0.267 e. The third-order valence-electron chi connectivity index (χ3n) is 3.12. The molecule has 1 aromatic rings. The molecule has 1 amide bonds. The van der Waals surface area contributed by atoms with Gasteiger partial charge in [0.05, 0.1) is 0 Å². The zero-order valence-electron chi connectivity index (χ0n) is 11.0. The summed E-state index contributed by atoms with van der Waals surface area (Å²) in [6.45, 7) is 2.03. The van der Waals surface area contributed by atoms with Crippen LogP contribution in [0.15, 0.2) is 0 Å². The van der Waals surface area contributed by atoms with Crippen molar-refractivity contribution in [1.82, 2.24) is 9.88 Å². The minimum Gasteiger partial charge on any atom is -0.382 e. The third kappa shape index (κ3) is 2.75. The molecule has 0 aliphatic carbocycles. The van der Waals surface area contributed by atoms with Gasteiger partial charge in [-0.1, -0.05) is 24.2 Å². The van der Waals surface area contributed by atoms with Crippen LogP contribution in [0.4, 0.5) is 10.9 Å². The third-order valence-corrected chi connectivity index (χ3v) is 4.24. The van der Waals surface area contributed by atoms with Crippen LogP contribution in [-0.4, -0.2) is 43.0 Å². The number of anilines is 2. The van der Waals surface area contributed by atoms with Crippen LogP contribution in [0.1, 0.15) is 35.4 Å². The maximum absolute atomic E-state index is 11.9. The van der Waals surface area contributed by atoms with E-state index in [1.54, 1.807) is 14.1 Å². The topological polar surface area (TPSA) is 62.5 Å². The van der Waals surface area contributed by atoms with Crippen molar-refractivity contribution in [3.05, 3.63) is 4.88 Å². The Morgan fingerprint density at radius 3 is 2.44 bits per heavy atom. The number of nitrogen functional groups attached to an aromatic ring is 1. The van der Waals surface area contributed by atoms with E-state index in [4.69, 9.17) is 5.73 Å². The molecule has 18 heavy (non-hydrogen) atoms. The van der Waals surface area contributed by atoms with E-state index in [0.29, 0.717) is 10.7 Å². The maximum Gasteiger partial charge on any atom is 0.267 e. The predicted octanol–water partition coefficient (Wildman–Crippen LogP) is 1.81. The van der Waals surface area contributed by atoms with E-state index in [1.165, 1.54) is 41.9 Å². The van der Waals surface area contributed by atoms with Crippen LogP contribution in [0.25, 0.3) is 0 Å². The maximum atomic E-state index is 11.9. The number of carbonyl (C=O) groups excluding carboxylic acids is 1. The number of nitrogens with two attached hydrogens (primary N) is 1. The molecule has 0 bridgehead atoms. The van der Waals surface area contributed by atoms with Crippen LogP contribution in [0, 0.1) is 0 Å². The summed E-state index contributed by atoms with van der Waals surface area (Å²) in [5, 5.41) is 0.889. The van der Waals surface area contributed by atoms with Crippen molar-refractivity contribution in [2.75, 3.05) is 37.8 Å². The number of nitrogens with zero attached hydrogens (tertiary/aromatic N) is 3. The van der Waals surface area contributed by atoms with Crippen molar-refractivity contribution in [3.63, 3.8) is 0 Å². The molecule has 5 nitrogen and oxygen atoms in total. The SMILES string of the molecule is CN(C)C(=O)c1sc(N2CCCCCC2)nc1N. The molecule has 0 saturated carbocycles. The quantitative estimate of drug-likeness (QED) is 0.888. The van der Waals surface area contributed by atoms with Crippen molar-refractivity contribution in [1.29, 1.82) is 0 Å². The van der Waals surface area contributed by atoms with Gasteiger partial charge >= 0.3 is 0 Å². The molecule has 2 N–H and O–H groups in total. The summed E-state index contributed by atoms with van der Waals surface area (Å²) in [6.07, 6.45) is 4.94. The van der Waals surface area contributed by atoms with Gasteiger partial charge in [-0.2, -0.15) is 0 Å². The molecule has 1 fully saturated rings. The molecule has 0 radical (unpaired) electrons. The van der Waals surface area contributed by atoms with Gasteiger partial charge in [-0.15, -0.1) is 0 Å². The molecular formula is C12H20N4OS. The number of carbonyl (C=O) groups is 1. The Hall–Kier alpha value is -1.30. The number of hydrogen-bond acceptors (Lipinski definition) is 5. The summed E-state index contributed by atoms with van der Waals surface area (Å²) in [7, 11) is 3.46. The molecule has 1 aromatic heterocycles. The normalized spacial score (nSPS) is 16.4. The van der Waals surface area contributed by atoms with Gasteiger partial charge in [-0.3, -0.25) is 4.79 Å².